The number of nitrogens with two attached hydrogens (primary N) is 1. The molecule has 0 saturated heterocycles. The van der Waals surface area contributed by atoms with Gasteiger partial charge in [0, 0.05) is 20.3 Å². The molecular formula is C19H27N5O4. The zero-order valence-electron chi connectivity index (χ0n) is 16.3. The molecule has 0 amide bonds. The van der Waals surface area contributed by atoms with Crippen molar-refractivity contribution in [3.8, 4) is 6.01 Å². The fourth-order valence-corrected chi connectivity index (χ4v) is 3.17. The van der Waals surface area contributed by atoms with E-state index < -0.39 is 0 Å². The maximum Gasteiger partial charge on any atom is 0.327 e. The fraction of sp³-hybridized carbons (Fsp3) is 0.526. The van der Waals surface area contributed by atoms with E-state index in [4.69, 9.17) is 19.9 Å². The number of nitrogens with zero attached hydrogens (tertiary/aromatic N) is 3. The number of aromatic nitrogens is 4. The third-order valence-corrected chi connectivity index (χ3v) is 4.53. The van der Waals surface area contributed by atoms with Crippen LogP contribution in [0.15, 0.2) is 28.6 Å². The molecule has 0 saturated carbocycles. The molecule has 1 aliphatic rings. The summed E-state index contributed by atoms with van der Waals surface area (Å²) < 4.78 is 17.5. The number of hydrogen-bond acceptors (Lipinski definition) is 7. The number of aromatic amines is 1. The highest BCUT2D eigenvalue weighted by Crippen LogP contribution is 2.23. The van der Waals surface area contributed by atoms with Gasteiger partial charge in [0.2, 0.25) is 0 Å². The Kier molecular flexibility index (Phi) is 6.83. The molecule has 2 aromatic heterocycles. The van der Waals surface area contributed by atoms with Crippen molar-refractivity contribution < 1.29 is 14.2 Å². The second kappa shape index (κ2) is 9.52. The molecule has 28 heavy (non-hydrogen) atoms. The van der Waals surface area contributed by atoms with E-state index in [2.05, 4.69) is 33.2 Å². The highest BCUT2D eigenvalue weighted by Gasteiger charge is 2.18. The van der Waals surface area contributed by atoms with E-state index in [1.54, 1.807) is 11.7 Å². The van der Waals surface area contributed by atoms with Gasteiger partial charge in [-0.25, -0.2) is 4.79 Å². The Hall–Kier alpha value is -2.65. The van der Waals surface area contributed by atoms with Crippen molar-refractivity contribution in [1.29, 1.82) is 0 Å². The third kappa shape index (κ3) is 4.79. The molecule has 1 aliphatic carbocycles. The van der Waals surface area contributed by atoms with Gasteiger partial charge < -0.3 is 24.9 Å². The Morgan fingerprint density at radius 3 is 2.96 bits per heavy atom. The first-order valence-corrected chi connectivity index (χ1v) is 9.45. The van der Waals surface area contributed by atoms with Crippen LogP contribution >= 0.6 is 0 Å². The molecule has 0 bridgehead atoms. The summed E-state index contributed by atoms with van der Waals surface area (Å²) in [6.45, 7) is 4.43. The monoisotopic (exact) mass is 389 g/mol. The van der Waals surface area contributed by atoms with Gasteiger partial charge >= 0.3 is 11.7 Å². The molecule has 0 aliphatic heterocycles. The number of nitrogens with one attached hydrogen (secondary N) is 1. The molecule has 3 N–H and O–H groups in total. The van der Waals surface area contributed by atoms with E-state index in [-0.39, 0.29) is 23.4 Å². The largest absolute Gasteiger partial charge is 0.461 e. The number of rotatable bonds is 10. The third-order valence-electron chi connectivity index (χ3n) is 4.53. The Labute approximate surface area is 163 Å². The van der Waals surface area contributed by atoms with Gasteiger partial charge in [-0.3, -0.25) is 4.57 Å². The SMILES string of the molecule is CCOCCOc1nc(N)c2[nH]c(=O)n(CC3C=C(CCOC)C=CC3)c2n1. The summed E-state index contributed by atoms with van der Waals surface area (Å²) >= 11 is 0. The first-order chi connectivity index (χ1) is 13.6. The van der Waals surface area contributed by atoms with Gasteiger partial charge in [0.15, 0.2) is 11.5 Å². The van der Waals surface area contributed by atoms with Gasteiger partial charge in [-0.05, 0) is 31.3 Å². The van der Waals surface area contributed by atoms with Crippen molar-refractivity contribution in [2.75, 3.05) is 39.3 Å². The van der Waals surface area contributed by atoms with Crippen LogP contribution in [0.4, 0.5) is 5.82 Å². The number of allylic oxidation sites excluding steroid dienone is 3. The van der Waals surface area contributed by atoms with Crippen molar-refractivity contribution >= 4 is 17.0 Å². The summed E-state index contributed by atoms with van der Waals surface area (Å²) in [7, 11) is 1.69. The lowest BCUT2D eigenvalue weighted by Crippen LogP contribution is -2.22. The fourth-order valence-electron chi connectivity index (χ4n) is 3.17. The average molecular weight is 389 g/mol. The first kappa shape index (κ1) is 20.1. The van der Waals surface area contributed by atoms with E-state index >= 15 is 0 Å². The zero-order chi connectivity index (χ0) is 19.9. The Balaban J connectivity index is 1.81. The lowest BCUT2D eigenvalue weighted by molar-refractivity contribution is 0.106. The summed E-state index contributed by atoms with van der Waals surface area (Å²) in [4.78, 5) is 23.8. The van der Waals surface area contributed by atoms with Crippen LogP contribution in [0.1, 0.15) is 19.8 Å². The minimum Gasteiger partial charge on any atom is -0.461 e. The topological polar surface area (TPSA) is 117 Å². The number of methoxy groups -OCH3 is 1. The van der Waals surface area contributed by atoms with Gasteiger partial charge in [-0.1, -0.05) is 18.2 Å². The quantitative estimate of drug-likeness (QED) is 0.593. The van der Waals surface area contributed by atoms with E-state index in [9.17, 15) is 4.79 Å². The molecule has 1 unspecified atom stereocenters. The average Bonchev–Trinajstić information content (AvgIpc) is 3.00. The Morgan fingerprint density at radius 2 is 2.18 bits per heavy atom. The van der Waals surface area contributed by atoms with Crippen molar-refractivity contribution in [2.24, 2.45) is 5.92 Å². The molecule has 0 fully saturated rings. The van der Waals surface area contributed by atoms with Gasteiger partial charge in [0.25, 0.3) is 0 Å². The number of nitrogen functional groups attached to an aromatic ring is 1. The van der Waals surface area contributed by atoms with Crippen LogP contribution in [0.3, 0.4) is 0 Å². The standard InChI is InChI=1S/C19H27N5O4/c1-3-27-9-10-28-18-22-16(20)15-17(23-18)24(19(25)21-15)12-14-6-4-5-13(11-14)7-8-26-2/h4-5,11,14H,3,6-10,12H2,1-2H3,(H,21,25)(H2,20,22,23). The number of imidazole rings is 1. The van der Waals surface area contributed by atoms with E-state index in [1.165, 1.54) is 5.57 Å². The van der Waals surface area contributed by atoms with Crippen LogP contribution in [-0.4, -0.2) is 53.1 Å². The lowest BCUT2D eigenvalue weighted by Gasteiger charge is -2.17. The minimum absolute atomic E-state index is 0.136. The highest BCUT2D eigenvalue weighted by molar-refractivity contribution is 5.81. The molecule has 0 aromatic carbocycles. The number of anilines is 1. The zero-order valence-corrected chi connectivity index (χ0v) is 16.3. The Bertz CT molecular complexity index is 915. The summed E-state index contributed by atoms with van der Waals surface area (Å²) in [6.07, 6.45) is 8.13. The van der Waals surface area contributed by atoms with Crippen molar-refractivity contribution in [3.05, 3.63) is 34.3 Å². The number of H-pyrrole nitrogens is 1. The van der Waals surface area contributed by atoms with Crippen molar-refractivity contribution in [3.63, 3.8) is 0 Å². The smallest absolute Gasteiger partial charge is 0.327 e. The van der Waals surface area contributed by atoms with Crippen LogP contribution in [0.2, 0.25) is 0 Å². The minimum atomic E-state index is -0.260. The molecule has 2 aromatic rings. The van der Waals surface area contributed by atoms with E-state index in [0.717, 1.165) is 12.8 Å². The normalized spacial score (nSPS) is 16.5. The van der Waals surface area contributed by atoms with Crippen LogP contribution in [0, 0.1) is 5.92 Å². The summed E-state index contributed by atoms with van der Waals surface area (Å²) in [5, 5.41) is 0. The molecule has 3 rings (SSSR count). The van der Waals surface area contributed by atoms with Gasteiger partial charge in [-0.2, -0.15) is 9.97 Å². The van der Waals surface area contributed by atoms with Crippen molar-refractivity contribution in [2.45, 2.75) is 26.3 Å². The highest BCUT2D eigenvalue weighted by atomic mass is 16.5. The molecular weight excluding hydrogens is 362 g/mol. The number of ether oxygens (including phenoxy) is 3. The predicted octanol–water partition coefficient (Wildman–Crippen LogP) is 1.66. The second-order valence-electron chi connectivity index (χ2n) is 6.56. The van der Waals surface area contributed by atoms with Crippen LogP contribution in [0.5, 0.6) is 6.01 Å². The predicted molar refractivity (Wildman–Crippen MR) is 106 cm³/mol. The first-order valence-electron chi connectivity index (χ1n) is 9.45. The van der Waals surface area contributed by atoms with Crippen LogP contribution in [-0.2, 0) is 16.0 Å². The van der Waals surface area contributed by atoms with E-state index in [1.807, 2.05) is 6.92 Å². The molecule has 9 nitrogen and oxygen atoms in total. The summed E-state index contributed by atoms with van der Waals surface area (Å²) in [6, 6.07) is 0.136. The lowest BCUT2D eigenvalue weighted by atomic mass is 9.94. The molecule has 0 spiro atoms. The molecule has 1 atom stereocenters. The van der Waals surface area contributed by atoms with Crippen LogP contribution < -0.4 is 16.2 Å². The van der Waals surface area contributed by atoms with Gasteiger partial charge in [0.1, 0.15) is 12.1 Å². The Morgan fingerprint density at radius 1 is 1.32 bits per heavy atom. The van der Waals surface area contributed by atoms with Crippen molar-refractivity contribution in [1.82, 2.24) is 19.5 Å². The molecule has 152 valence electrons. The summed E-state index contributed by atoms with van der Waals surface area (Å²) in [5.74, 6) is 0.374. The maximum absolute atomic E-state index is 12.5. The molecule has 9 heteroatoms. The van der Waals surface area contributed by atoms with E-state index in [0.29, 0.717) is 44.1 Å². The van der Waals surface area contributed by atoms with Gasteiger partial charge in [-0.15, -0.1) is 0 Å². The molecule has 0 radical (unpaired) electrons. The number of fused-ring (bicyclic) bond motifs is 1. The molecule has 2 heterocycles. The number of hydrogen-bond donors (Lipinski definition) is 2. The van der Waals surface area contributed by atoms with Gasteiger partial charge in [0.05, 0.1) is 13.2 Å². The second-order valence-corrected chi connectivity index (χ2v) is 6.56. The van der Waals surface area contributed by atoms with Crippen LogP contribution in [0.25, 0.3) is 11.2 Å². The maximum atomic E-state index is 12.5. The summed E-state index contributed by atoms with van der Waals surface area (Å²) in [5.41, 5.74) is 7.82.